The van der Waals surface area contributed by atoms with E-state index in [0.29, 0.717) is 18.3 Å². The molecule has 0 fully saturated rings. The van der Waals surface area contributed by atoms with E-state index in [2.05, 4.69) is 58.5 Å². The van der Waals surface area contributed by atoms with Gasteiger partial charge in [0.25, 0.3) is 0 Å². The molecule has 23 heavy (non-hydrogen) atoms. The minimum atomic E-state index is 0.459. The SMILES string of the molecule is CCc1nnc(Cn2nnc(-c3ccc(C(C)C)cc3)n2)n1C. The molecular formula is C16H21N7. The van der Waals surface area contributed by atoms with E-state index in [9.17, 15) is 0 Å². The second kappa shape index (κ2) is 6.28. The Kier molecular flexibility index (Phi) is 4.18. The third-order valence-electron chi connectivity index (χ3n) is 3.94. The van der Waals surface area contributed by atoms with Crippen molar-refractivity contribution in [2.24, 2.45) is 7.05 Å². The summed E-state index contributed by atoms with van der Waals surface area (Å²) in [5.41, 5.74) is 2.26. The van der Waals surface area contributed by atoms with Crippen molar-refractivity contribution < 1.29 is 0 Å². The normalized spacial score (nSPS) is 11.3. The first kappa shape index (κ1) is 15.3. The smallest absolute Gasteiger partial charge is 0.204 e. The summed E-state index contributed by atoms with van der Waals surface area (Å²) in [6, 6.07) is 8.29. The zero-order valence-electron chi connectivity index (χ0n) is 13.9. The van der Waals surface area contributed by atoms with Crippen molar-refractivity contribution in [3.63, 3.8) is 0 Å². The van der Waals surface area contributed by atoms with Gasteiger partial charge in [-0.15, -0.1) is 20.4 Å². The Bertz CT molecular complexity index is 783. The fourth-order valence-electron chi connectivity index (χ4n) is 2.41. The molecule has 0 aliphatic carbocycles. The molecule has 0 saturated heterocycles. The Balaban J connectivity index is 1.78. The minimum absolute atomic E-state index is 0.459. The third kappa shape index (κ3) is 3.13. The van der Waals surface area contributed by atoms with Crippen molar-refractivity contribution in [2.75, 3.05) is 0 Å². The van der Waals surface area contributed by atoms with E-state index in [1.807, 2.05) is 23.7 Å². The molecule has 0 N–H and O–H groups in total. The van der Waals surface area contributed by atoms with E-state index in [1.165, 1.54) is 5.56 Å². The van der Waals surface area contributed by atoms with Crippen LogP contribution >= 0.6 is 0 Å². The van der Waals surface area contributed by atoms with Crippen LogP contribution in [0.15, 0.2) is 24.3 Å². The largest absolute Gasteiger partial charge is 0.316 e. The van der Waals surface area contributed by atoms with Gasteiger partial charge in [0, 0.05) is 19.0 Å². The van der Waals surface area contributed by atoms with Crippen LogP contribution in [0.4, 0.5) is 0 Å². The van der Waals surface area contributed by atoms with Crippen LogP contribution in [0.2, 0.25) is 0 Å². The Labute approximate surface area is 135 Å². The fourth-order valence-corrected chi connectivity index (χ4v) is 2.41. The molecule has 2 heterocycles. The van der Waals surface area contributed by atoms with Gasteiger partial charge in [-0.25, -0.2) is 0 Å². The molecule has 1 aromatic carbocycles. The average molecular weight is 311 g/mol. The van der Waals surface area contributed by atoms with Crippen molar-refractivity contribution in [3.8, 4) is 11.4 Å². The summed E-state index contributed by atoms with van der Waals surface area (Å²) in [4.78, 5) is 1.55. The van der Waals surface area contributed by atoms with Crippen LogP contribution in [0.25, 0.3) is 11.4 Å². The summed E-state index contributed by atoms with van der Waals surface area (Å²) in [5.74, 6) is 2.90. The highest BCUT2D eigenvalue weighted by Gasteiger charge is 2.11. The molecule has 0 aliphatic heterocycles. The second-order valence-electron chi connectivity index (χ2n) is 5.87. The van der Waals surface area contributed by atoms with E-state index >= 15 is 0 Å². The van der Waals surface area contributed by atoms with E-state index in [0.717, 1.165) is 23.6 Å². The topological polar surface area (TPSA) is 74.3 Å². The lowest BCUT2D eigenvalue weighted by atomic mass is 10.0. The van der Waals surface area contributed by atoms with Crippen LogP contribution in [-0.2, 0) is 20.0 Å². The molecule has 0 amide bonds. The fraction of sp³-hybridized carbons (Fsp3) is 0.438. The van der Waals surface area contributed by atoms with Gasteiger partial charge >= 0.3 is 0 Å². The highest BCUT2D eigenvalue weighted by molar-refractivity contribution is 5.54. The lowest BCUT2D eigenvalue weighted by Crippen LogP contribution is -2.10. The van der Waals surface area contributed by atoms with Crippen molar-refractivity contribution in [2.45, 2.75) is 39.7 Å². The van der Waals surface area contributed by atoms with Gasteiger partial charge in [0.2, 0.25) is 5.82 Å². The number of benzene rings is 1. The summed E-state index contributed by atoms with van der Waals surface area (Å²) in [6.07, 6.45) is 0.849. The van der Waals surface area contributed by atoms with E-state index in [1.54, 1.807) is 4.80 Å². The molecule has 3 aromatic rings. The molecule has 0 radical (unpaired) electrons. The maximum absolute atomic E-state index is 4.44. The first-order chi connectivity index (χ1) is 11.1. The molecule has 0 bridgehead atoms. The van der Waals surface area contributed by atoms with Crippen molar-refractivity contribution >= 4 is 0 Å². The quantitative estimate of drug-likeness (QED) is 0.722. The Morgan fingerprint density at radius 2 is 1.70 bits per heavy atom. The van der Waals surface area contributed by atoms with E-state index in [4.69, 9.17) is 0 Å². The van der Waals surface area contributed by atoms with Crippen molar-refractivity contribution in [1.29, 1.82) is 0 Å². The first-order valence-corrected chi connectivity index (χ1v) is 7.83. The average Bonchev–Trinajstić information content (AvgIpc) is 3.15. The van der Waals surface area contributed by atoms with Gasteiger partial charge in [-0.05, 0) is 16.7 Å². The number of aromatic nitrogens is 7. The van der Waals surface area contributed by atoms with Crippen molar-refractivity contribution in [3.05, 3.63) is 41.5 Å². The van der Waals surface area contributed by atoms with Crippen LogP contribution in [0.3, 0.4) is 0 Å². The maximum Gasteiger partial charge on any atom is 0.204 e. The molecule has 3 rings (SSSR count). The van der Waals surface area contributed by atoms with Crippen LogP contribution in [0.5, 0.6) is 0 Å². The summed E-state index contributed by atoms with van der Waals surface area (Å²) in [6.45, 7) is 6.87. The van der Waals surface area contributed by atoms with E-state index in [-0.39, 0.29) is 0 Å². The summed E-state index contributed by atoms with van der Waals surface area (Å²) in [5, 5.41) is 21.0. The van der Waals surface area contributed by atoms with Gasteiger partial charge in [0.05, 0.1) is 0 Å². The standard InChI is InChI=1S/C16H21N7/c1-5-14-17-18-15(22(14)4)10-23-20-16(19-21-23)13-8-6-12(7-9-13)11(2)3/h6-9,11H,5,10H2,1-4H3. The highest BCUT2D eigenvalue weighted by atomic mass is 15.6. The Morgan fingerprint density at radius 3 is 2.30 bits per heavy atom. The Morgan fingerprint density at radius 1 is 1.00 bits per heavy atom. The van der Waals surface area contributed by atoms with Gasteiger partial charge in [-0.1, -0.05) is 45.0 Å². The lowest BCUT2D eigenvalue weighted by molar-refractivity contribution is 0.540. The predicted octanol–water partition coefficient (Wildman–Crippen LogP) is 2.20. The van der Waals surface area contributed by atoms with Crippen molar-refractivity contribution in [1.82, 2.24) is 35.0 Å². The van der Waals surface area contributed by atoms with E-state index < -0.39 is 0 Å². The molecule has 0 aliphatic rings. The van der Waals surface area contributed by atoms with Gasteiger partial charge in [0.1, 0.15) is 12.4 Å². The summed E-state index contributed by atoms with van der Waals surface area (Å²) >= 11 is 0. The number of rotatable bonds is 5. The minimum Gasteiger partial charge on any atom is -0.316 e. The third-order valence-corrected chi connectivity index (χ3v) is 3.94. The Hall–Kier alpha value is -2.57. The molecule has 0 atom stereocenters. The highest BCUT2D eigenvalue weighted by Crippen LogP contribution is 2.19. The molecular weight excluding hydrogens is 290 g/mol. The van der Waals surface area contributed by atoms with Gasteiger partial charge in [-0.2, -0.15) is 4.80 Å². The monoisotopic (exact) mass is 311 g/mol. The number of aryl methyl sites for hydroxylation is 1. The molecule has 7 heteroatoms. The molecule has 0 saturated carbocycles. The van der Waals surface area contributed by atoms with Crippen LogP contribution in [0.1, 0.15) is 43.9 Å². The maximum atomic E-state index is 4.44. The summed E-state index contributed by atoms with van der Waals surface area (Å²) < 4.78 is 1.97. The molecule has 120 valence electrons. The number of nitrogens with zero attached hydrogens (tertiary/aromatic N) is 7. The molecule has 0 spiro atoms. The van der Waals surface area contributed by atoms with Gasteiger partial charge in [0.15, 0.2) is 5.82 Å². The molecule has 0 unspecified atom stereocenters. The number of hydrogen-bond donors (Lipinski definition) is 0. The van der Waals surface area contributed by atoms with Crippen LogP contribution in [-0.4, -0.2) is 35.0 Å². The van der Waals surface area contributed by atoms with Crippen LogP contribution in [0, 0.1) is 0 Å². The zero-order chi connectivity index (χ0) is 16.4. The molecule has 2 aromatic heterocycles. The molecule has 7 nitrogen and oxygen atoms in total. The van der Waals surface area contributed by atoms with Crippen LogP contribution < -0.4 is 0 Å². The summed E-state index contributed by atoms with van der Waals surface area (Å²) in [7, 11) is 1.96. The zero-order valence-corrected chi connectivity index (χ0v) is 13.9. The first-order valence-electron chi connectivity index (χ1n) is 7.83. The number of hydrogen-bond acceptors (Lipinski definition) is 5. The van der Waals surface area contributed by atoms with Gasteiger partial charge < -0.3 is 4.57 Å². The predicted molar refractivity (Wildman–Crippen MR) is 86.8 cm³/mol. The lowest BCUT2D eigenvalue weighted by Gasteiger charge is -2.04. The number of tetrazole rings is 1. The van der Waals surface area contributed by atoms with Gasteiger partial charge in [-0.3, -0.25) is 0 Å². The second-order valence-corrected chi connectivity index (χ2v) is 5.87.